The Balaban J connectivity index is 1.36. The quantitative estimate of drug-likeness (QED) is 0.0932. The zero-order valence-corrected chi connectivity index (χ0v) is 23.0. The minimum absolute atomic E-state index is 0.0158. The van der Waals surface area contributed by atoms with Crippen molar-refractivity contribution in [2.75, 3.05) is 28.2 Å². The van der Waals surface area contributed by atoms with Gasteiger partial charge in [0.2, 0.25) is 11.7 Å². The number of hydrogen-bond donors (Lipinski definition) is 3. The van der Waals surface area contributed by atoms with E-state index in [0.717, 1.165) is 0 Å². The molecule has 0 saturated carbocycles. The summed E-state index contributed by atoms with van der Waals surface area (Å²) in [6, 6.07) is 5.66. The van der Waals surface area contributed by atoms with Crippen LogP contribution in [0.15, 0.2) is 51.1 Å². The Hall–Kier alpha value is -1.97. The van der Waals surface area contributed by atoms with Crippen molar-refractivity contribution in [3.63, 3.8) is 0 Å². The molecule has 5 N–H and O–H groups in total. The highest BCUT2D eigenvalue weighted by Gasteiger charge is 2.52. The number of carbonyl (C=O) groups is 3. The van der Waals surface area contributed by atoms with Gasteiger partial charge in [0, 0.05) is 26.6 Å². The number of aliphatic carboxylic acids is 1. The number of hydrogen-bond acceptors (Lipinski definition) is 11. The highest BCUT2D eigenvalue weighted by Crippen LogP contribution is 2.44. The summed E-state index contributed by atoms with van der Waals surface area (Å²) in [4.78, 5) is 43.6. The summed E-state index contributed by atoms with van der Waals surface area (Å²) in [7, 11) is 0. The molecule has 2 aliphatic rings. The van der Waals surface area contributed by atoms with Crippen LogP contribution in [0.1, 0.15) is 0 Å². The molecule has 2 unspecified atom stereocenters. The summed E-state index contributed by atoms with van der Waals surface area (Å²) in [5, 5.41) is 15.9. The number of nitrogen functional groups attached to an aromatic ring is 2. The normalized spacial score (nSPS) is 19.1. The molecular formula is C20H18Cl2N6O4S4. The number of carbonyl (C=O) groups excluding carboxylic acids is 3. The van der Waals surface area contributed by atoms with Crippen molar-refractivity contribution in [1.82, 2.24) is 15.2 Å². The number of amides is 2. The summed E-state index contributed by atoms with van der Waals surface area (Å²) in [6.07, 6.45) is 1.57. The third-order valence-corrected chi connectivity index (χ3v) is 10.4. The van der Waals surface area contributed by atoms with Crippen LogP contribution >= 0.6 is 70.2 Å². The summed E-state index contributed by atoms with van der Waals surface area (Å²) >= 11 is 17.2. The average Bonchev–Trinajstić information content (AvgIpc) is 2.84. The first kappa shape index (κ1) is 27.1. The van der Waals surface area contributed by atoms with Gasteiger partial charge in [-0.15, -0.1) is 40.0 Å². The number of nitrogens with zero attached hydrogens (tertiary/aromatic N) is 3. The molecule has 10 nitrogen and oxygen atoms in total. The van der Waals surface area contributed by atoms with Crippen LogP contribution in [0, 0.1) is 0 Å². The maximum absolute atomic E-state index is 12.8. The molecule has 4 rings (SSSR count). The number of nitrogens with two attached hydrogens (primary N) is 2. The van der Waals surface area contributed by atoms with Crippen LogP contribution in [0.3, 0.4) is 0 Å². The molecule has 0 bridgehead atoms. The molecule has 1 aromatic carbocycles. The number of thioether (sulfide) groups is 4. The Morgan fingerprint density at radius 3 is 2.81 bits per heavy atom. The van der Waals surface area contributed by atoms with Crippen molar-refractivity contribution in [3.05, 3.63) is 51.1 Å². The molecule has 2 aliphatic heterocycles. The van der Waals surface area contributed by atoms with Gasteiger partial charge in [0.1, 0.15) is 17.6 Å². The van der Waals surface area contributed by atoms with E-state index >= 15 is 0 Å². The fraction of sp³-hybridized carbons (Fsp3) is 0.250. The molecule has 1 saturated heterocycles. The zero-order chi connectivity index (χ0) is 26.0. The van der Waals surface area contributed by atoms with E-state index in [4.69, 9.17) is 34.8 Å². The summed E-state index contributed by atoms with van der Waals surface area (Å²) in [6.45, 7) is 0. The van der Waals surface area contributed by atoms with Crippen LogP contribution < -0.4 is 26.7 Å². The van der Waals surface area contributed by atoms with Gasteiger partial charge >= 0.3 is 5.16 Å². The third kappa shape index (κ3) is 5.94. The Labute approximate surface area is 232 Å². The number of halogens is 2. The molecule has 16 heteroatoms. The van der Waals surface area contributed by atoms with Gasteiger partial charge in [-0.05, 0) is 34.9 Å². The first-order chi connectivity index (χ1) is 17.2. The first-order valence-electron chi connectivity index (χ1n) is 10.1. The number of aromatic nitrogens is 2. The van der Waals surface area contributed by atoms with Crippen LogP contribution in [0.4, 0.5) is 5.82 Å². The zero-order valence-electron chi connectivity index (χ0n) is 18.2. The molecule has 0 radical (unpaired) electrons. The summed E-state index contributed by atoms with van der Waals surface area (Å²) < 4.78 is 1.31. The average molecular weight is 606 g/mol. The lowest BCUT2D eigenvalue weighted by atomic mass is 10.1. The van der Waals surface area contributed by atoms with Crippen LogP contribution in [-0.4, -0.2) is 55.7 Å². The Morgan fingerprint density at radius 2 is 2.06 bits per heavy atom. The smallest absolute Gasteiger partial charge is 0.385 e. The van der Waals surface area contributed by atoms with Gasteiger partial charge in [-0.1, -0.05) is 23.2 Å². The second-order valence-corrected chi connectivity index (χ2v) is 12.7. The van der Waals surface area contributed by atoms with E-state index < -0.39 is 23.3 Å². The number of carboxylic acid groups (broad SMARTS) is 1. The lowest BCUT2D eigenvalue weighted by Crippen LogP contribution is -2.71. The SMILES string of the molecule is Nc1cc[n+](N)c(SCSC2=C(C(=O)[O-])N3C(=O)C(NC(=O)CSc4cc(Cl)ccc4Cl)C3SC2)n1. The molecule has 2 aromatic rings. The number of nitrogens with one attached hydrogen (secondary N) is 1. The molecule has 0 spiro atoms. The fourth-order valence-corrected chi connectivity index (χ4v) is 8.28. The van der Waals surface area contributed by atoms with Crippen molar-refractivity contribution in [2.45, 2.75) is 21.5 Å². The van der Waals surface area contributed by atoms with Gasteiger partial charge in [-0.2, -0.15) is 0 Å². The molecule has 36 heavy (non-hydrogen) atoms. The minimum Gasteiger partial charge on any atom is -0.543 e. The van der Waals surface area contributed by atoms with Crippen molar-refractivity contribution < 1.29 is 24.2 Å². The maximum atomic E-state index is 12.8. The predicted molar refractivity (Wildman–Crippen MR) is 142 cm³/mol. The molecular weight excluding hydrogens is 587 g/mol. The van der Waals surface area contributed by atoms with Crippen molar-refractivity contribution in [3.8, 4) is 0 Å². The maximum Gasteiger partial charge on any atom is 0.385 e. The Morgan fingerprint density at radius 1 is 1.28 bits per heavy atom. The molecule has 1 fully saturated rings. The topological polar surface area (TPSA) is 158 Å². The summed E-state index contributed by atoms with van der Waals surface area (Å²) in [5.74, 6) is 4.15. The minimum atomic E-state index is -1.45. The Bertz CT molecular complexity index is 1270. The van der Waals surface area contributed by atoms with Crippen molar-refractivity contribution in [2.24, 2.45) is 0 Å². The largest absolute Gasteiger partial charge is 0.543 e. The second kappa shape index (κ2) is 11.6. The molecule has 2 atom stereocenters. The number of β-lactam (4-membered cyclic amide) rings is 1. The van der Waals surface area contributed by atoms with E-state index in [2.05, 4.69) is 10.3 Å². The van der Waals surface area contributed by atoms with E-state index in [-0.39, 0.29) is 17.4 Å². The van der Waals surface area contributed by atoms with Gasteiger partial charge in [-0.3, -0.25) is 20.3 Å². The van der Waals surface area contributed by atoms with Gasteiger partial charge < -0.3 is 21.0 Å². The predicted octanol–water partition coefficient (Wildman–Crippen LogP) is 0.908. The van der Waals surface area contributed by atoms with Crippen LogP contribution in [-0.2, 0) is 14.4 Å². The molecule has 0 aliphatic carbocycles. The van der Waals surface area contributed by atoms with Crippen LogP contribution in [0.25, 0.3) is 0 Å². The Kier molecular flexibility index (Phi) is 8.73. The van der Waals surface area contributed by atoms with Crippen molar-refractivity contribution in [1.29, 1.82) is 0 Å². The molecule has 3 heterocycles. The van der Waals surface area contributed by atoms with E-state index in [0.29, 0.717) is 41.7 Å². The molecule has 190 valence electrons. The van der Waals surface area contributed by atoms with Gasteiger partial charge in [0.05, 0.1) is 27.5 Å². The van der Waals surface area contributed by atoms with Gasteiger partial charge in [0.25, 0.3) is 5.91 Å². The standard InChI is InChI=1S/C20H18Cl2N6O4S4/c21-9-1-2-10(22)11(5-9)33-7-14(29)26-15-17(30)28-16(19(31)32)12(6-34-18(15)28)35-8-36-20-25-13(23)3-4-27(20)24/h1-5,15,18,23H,6-8,24H2,(H2,26,29,31,32). The number of benzene rings is 1. The highest BCUT2D eigenvalue weighted by molar-refractivity contribution is 8.18. The van der Waals surface area contributed by atoms with E-state index in [9.17, 15) is 19.5 Å². The monoisotopic (exact) mass is 604 g/mol. The van der Waals surface area contributed by atoms with Gasteiger partial charge in [0.15, 0.2) is 0 Å². The molecule has 2 amide bonds. The number of rotatable bonds is 9. The lowest BCUT2D eigenvalue weighted by Gasteiger charge is -2.50. The molecule has 1 aromatic heterocycles. The van der Waals surface area contributed by atoms with Crippen LogP contribution in [0.5, 0.6) is 0 Å². The van der Waals surface area contributed by atoms with Gasteiger partial charge in [-0.25, -0.2) is 0 Å². The van der Waals surface area contributed by atoms with E-state index in [1.807, 2.05) is 0 Å². The second-order valence-electron chi connectivity index (χ2n) is 7.33. The van der Waals surface area contributed by atoms with Crippen molar-refractivity contribution >= 4 is 93.9 Å². The first-order valence-corrected chi connectivity index (χ1v) is 14.9. The van der Waals surface area contributed by atoms with E-state index in [1.165, 1.54) is 56.6 Å². The number of carboxylic acids is 1. The highest BCUT2D eigenvalue weighted by atomic mass is 35.5. The lowest BCUT2D eigenvalue weighted by molar-refractivity contribution is -0.682. The third-order valence-electron chi connectivity index (χ3n) is 4.97. The number of anilines is 1. The number of fused-ring (bicyclic) bond motifs is 1. The van der Waals surface area contributed by atoms with E-state index in [1.54, 1.807) is 30.5 Å². The summed E-state index contributed by atoms with van der Waals surface area (Å²) in [5.41, 5.74) is 5.50. The van der Waals surface area contributed by atoms with Crippen LogP contribution in [0.2, 0.25) is 10.0 Å². The fourth-order valence-electron chi connectivity index (χ4n) is 3.32.